The van der Waals surface area contributed by atoms with Crippen LogP contribution in [0.5, 0.6) is 0 Å². The van der Waals surface area contributed by atoms with E-state index in [2.05, 4.69) is 5.32 Å². The molecule has 0 fully saturated rings. The van der Waals surface area contributed by atoms with Crippen LogP contribution in [0.3, 0.4) is 0 Å². The molecule has 1 aliphatic heterocycles. The molecule has 3 rings (SSSR count). The largest absolute Gasteiger partial charge is 0.606 e. The highest BCUT2D eigenvalue weighted by molar-refractivity contribution is 7.92. The second kappa shape index (κ2) is 4.16. The highest BCUT2D eigenvalue weighted by Crippen LogP contribution is 2.39. The minimum absolute atomic E-state index is 0.0112. The molecule has 1 unspecified atom stereocenters. The molecule has 0 saturated heterocycles. The van der Waals surface area contributed by atoms with Crippen LogP contribution in [0.15, 0.2) is 45.0 Å². The number of hydrogen-bond acceptors (Lipinski definition) is 4. The van der Waals surface area contributed by atoms with E-state index >= 15 is 0 Å². The van der Waals surface area contributed by atoms with Crippen molar-refractivity contribution in [1.29, 1.82) is 5.26 Å². The summed E-state index contributed by atoms with van der Waals surface area (Å²) in [7, 11) is 1.54. The number of nitrogens with one attached hydrogen (secondary N) is 1. The van der Waals surface area contributed by atoms with Gasteiger partial charge >= 0.3 is 0 Å². The van der Waals surface area contributed by atoms with E-state index < -0.39 is 16.7 Å². The summed E-state index contributed by atoms with van der Waals surface area (Å²) in [4.78, 5) is 13.0. The number of nitrogens with zero attached hydrogens (tertiary/aromatic N) is 2. The lowest BCUT2D eigenvalue weighted by Gasteiger charge is -2.23. The zero-order valence-electron chi connectivity index (χ0n) is 10.0. The van der Waals surface area contributed by atoms with Crippen LogP contribution in [0.4, 0.5) is 11.4 Å². The molecule has 94 valence electrons. The number of hydrogen-bond donors (Lipinski definition) is 1. The first-order chi connectivity index (χ1) is 9.13. The Balaban J connectivity index is 2.33. The minimum atomic E-state index is -1.39. The Kier molecular flexibility index (Phi) is 2.59. The topological polar surface area (TPSA) is 80.9 Å². The zero-order valence-corrected chi connectivity index (χ0v) is 10.8. The summed E-state index contributed by atoms with van der Waals surface area (Å²) >= 11 is -1.39. The number of benzene rings is 1. The maximum Gasteiger partial charge on any atom is 0.270 e. The van der Waals surface area contributed by atoms with Crippen LogP contribution in [-0.4, -0.2) is 9.12 Å². The number of aryl methyl sites for hydroxylation is 1. The molecule has 1 aliphatic rings. The van der Waals surface area contributed by atoms with Gasteiger partial charge in [-0.3, -0.25) is 4.79 Å². The Morgan fingerprint density at radius 3 is 2.84 bits per heavy atom. The standard InChI is InChI=1S/C13H9N3O2S/c1-16-7-11-12(8(6-14)13(16)17)15-9-4-2-3-5-10(9)19(11)18/h2-5,7,15H,1H3. The quantitative estimate of drug-likeness (QED) is 0.736. The fraction of sp³-hybridized carbons (Fsp3) is 0.0769. The summed E-state index contributed by atoms with van der Waals surface area (Å²) in [6, 6.07) is 9.03. The highest BCUT2D eigenvalue weighted by atomic mass is 32.2. The van der Waals surface area contributed by atoms with Crippen LogP contribution in [0.25, 0.3) is 0 Å². The Labute approximate surface area is 112 Å². The molecule has 5 nitrogen and oxygen atoms in total. The van der Waals surface area contributed by atoms with Crippen molar-refractivity contribution in [2.75, 3.05) is 5.32 Å². The fourth-order valence-electron chi connectivity index (χ4n) is 2.06. The molecule has 19 heavy (non-hydrogen) atoms. The van der Waals surface area contributed by atoms with Gasteiger partial charge in [0.1, 0.15) is 17.3 Å². The molecule has 6 heteroatoms. The zero-order chi connectivity index (χ0) is 13.6. The van der Waals surface area contributed by atoms with Gasteiger partial charge in [0.05, 0.1) is 11.9 Å². The fourth-order valence-corrected chi connectivity index (χ4v) is 3.41. The van der Waals surface area contributed by atoms with Gasteiger partial charge in [0.2, 0.25) is 0 Å². The van der Waals surface area contributed by atoms with Crippen molar-refractivity contribution in [3.8, 4) is 6.07 Å². The monoisotopic (exact) mass is 271 g/mol. The highest BCUT2D eigenvalue weighted by Gasteiger charge is 2.32. The molecule has 0 aliphatic carbocycles. The molecule has 0 amide bonds. The van der Waals surface area contributed by atoms with Gasteiger partial charge in [-0.1, -0.05) is 12.1 Å². The minimum Gasteiger partial charge on any atom is -0.606 e. The Bertz CT molecular complexity index is 776. The molecule has 1 N–H and O–H groups in total. The summed E-state index contributed by atoms with van der Waals surface area (Å²) < 4.78 is 13.8. The SMILES string of the molecule is Cn1cc2c(c(C#N)c1=O)Nc1ccccc1[S+]2[O-]. The normalized spacial score (nSPS) is 15.9. The van der Waals surface area contributed by atoms with Crippen molar-refractivity contribution in [1.82, 2.24) is 4.57 Å². The van der Waals surface area contributed by atoms with Gasteiger partial charge in [-0.05, 0) is 12.1 Å². The second-order valence-corrected chi connectivity index (χ2v) is 5.58. The van der Waals surface area contributed by atoms with E-state index in [0.717, 1.165) is 0 Å². The molecule has 0 spiro atoms. The van der Waals surface area contributed by atoms with Crippen LogP contribution < -0.4 is 10.9 Å². The first-order valence-corrected chi connectivity index (χ1v) is 6.70. The lowest BCUT2D eigenvalue weighted by Crippen LogP contribution is -2.25. The predicted octanol–water partition coefficient (Wildman–Crippen LogP) is 1.48. The molecular formula is C13H9N3O2S. The lowest BCUT2D eigenvalue weighted by molar-refractivity contribution is 0.593. The maximum atomic E-state index is 12.5. The number of nitriles is 1. The third-order valence-corrected chi connectivity index (χ3v) is 4.46. The average Bonchev–Trinajstić information content (AvgIpc) is 2.42. The van der Waals surface area contributed by atoms with E-state index in [1.54, 1.807) is 31.3 Å². The summed E-state index contributed by atoms with van der Waals surface area (Å²) in [6.45, 7) is 0. The molecule has 1 aromatic carbocycles. The van der Waals surface area contributed by atoms with Crippen molar-refractivity contribution in [2.24, 2.45) is 7.05 Å². The van der Waals surface area contributed by atoms with Crippen LogP contribution in [0.1, 0.15) is 5.56 Å². The van der Waals surface area contributed by atoms with E-state index in [1.165, 1.54) is 10.8 Å². The molecule has 1 atom stereocenters. The van der Waals surface area contributed by atoms with Crippen molar-refractivity contribution in [3.05, 3.63) is 46.4 Å². The number of rotatable bonds is 0. The van der Waals surface area contributed by atoms with Gasteiger partial charge in [0.25, 0.3) is 5.56 Å². The summed E-state index contributed by atoms with van der Waals surface area (Å²) in [6.07, 6.45) is 1.51. The van der Waals surface area contributed by atoms with Crippen molar-refractivity contribution >= 4 is 22.6 Å². The maximum absolute atomic E-state index is 12.5. The van der Waals surface area contributed by atoms with E-state index in [0.29, 0.717) is 21.2 Å². The van der Waals surface area contributed by atoms with Gasteiger partial charge in [0, 0.05) is 18.2 Å². The third kappa shape index (κ3) is 1.63. The van der Waals surface area contributed by atoms with Crippen LogP contribution in [-0.2, 0) is 18.2 Å². The van der Waals surface area contributed by atoms with Gasteiger partial charge in [-0.25, -0.2) is 0 Å². The van der Waals surface area contributed by atoms with Crippen LogP contribution >= 0.6 is 0 Å². The second-order valence-electron chi connectivity index (χ2n) is 4.16. The number of fused-ring (bicyclic) bond motifs is 2. The first-order valence-electron chi connectivity index (χ1n) is 5.55. The van der Waals surface area contributed by atoms with Gasteiger partial charge in [-0.2, -0.15) is 5.26 Å². The Hall–Kier alpha value is -2.23. The molecule has 2 heterocycles. The van der Waals surface area contributed by atoms with Crippen molar-refractivity contribution < 1.29 is 4.55 Å². The van der Waals surface area contributed by atoms with E-state index in [-0.39, 0.29) is 5.56 Å². The number of aromatic nitrogens is 1. The molecule has 0 saturated carbocycles. The van der Waals surface area contributed by atoms with Crippen LogP contribution in [0.2, 0.25) is 0 Å². The summed E-state index contributed by atoms with van der Waals surface area (Å²) in [5, 5.41) is 12.2. The van der Waals surface area contributed by atoms with Crippen molar-refractivity contribution in [2.45, 2.75) is 9.79 Å². The van der Waals surface area contributed by atoms with Gasteiger partial charge in [0.15, 0.2) is 9.79 Å². The van der Waals surface area contributed by atoms with Gasteiger partial charge in [-0.15, -0.1) is 0 Å². The van der Waals surface area contributed by atoms with Gasteiger partial charge < -0.3 is 14.4 Å². The molecule has 2 aromatic rings. The predicted molar refractivity (Wildman–Crippen MR) is 70.8 cm³/mol. The number of pyridine rings is 1. The number of para-hydroxylation sites is 1. The van der Waals surface area contributed by atoms with Crippen molar-refractivity contribution in [3.63, 3.8) is 0 Å². The third-order valence-electron chi connectivity index (χ3n) is 3.00. The average molecular weight is 271 g/mol. The smallest absolute Gasteiger partial charge is 0.270 e. The summed E-state index contributed by atoms with van der Waals surface area (Å²) in [5.41, 5.74) is 0.605. The van der Waals surface area contributed by atoms with E-state index in [9.17, 15) is 9.35 Å². The Morgan fingerprint density at radius 2 is 2.11 bits per heavy atom. The van der Waals surface area contributed by atoms with E-state index in [4.69, 9.17) is 5.26 Å². The van der Waals surface area contributed by atoms with E-state index in [1.807, 2.05) is 6.07 Å². The summed E-state index contributed by atoms with van der Waals surface area (Å²) in [5.74, 6) is 0. The molecule has 0 radical (unpaired) electrons. The number of anilines is 2. The molecule has 1 aromatic heterocycles. The Morgan fingerprint density at radius 1 is 1.37 bits per heavy atom. The molecule has 0 bridgehead atoms. The van der Waals surface area contributed by atoms with Crippen LogP contribution in [0, 0.1) is 11.3 Å². The lowest BCUT2D eigenvalue weighted by atomic mass is 10.2. The first kappa shape index (κ1) is 11.8. The molecular weight excluding hydrogens is 262 g/mol.